The first kappa shape index (κ1) is 25.1. The molecule has 2 heterocycles. The van der Waals surface area contributed by atoms with Crippen LogP contribution in [-0.2, 0) is 5.41 Å². The third kappa shape index (κ3) is 3.66. The summed E-state index contributed by atoms with van der Waals surface area (Å²) < 4.78 is 6.49. The first-order valence-electron chi connectivity index (χ1n) is 15.3. The molecule has 2 atom stereocenters. The van der Waals surface area contributed by atoms with Gasteiger partial charge in [0.05, 0.1) is 11.5 Å². The molecule has 0 fully saturated rings. The maximum Gasteiger partial charge on any atom is 0.132 e. The number of hydrogen-bond acceptors (Lipinski definition) is 3. The number of nitrogens with one attached hydrogen (secondary N) is 2. The largest absolute Gasteiger partial charge is 0.457 e. The van der Waals surface area contributed by atoms with E-state index < -0.39 is 5.41 Å². The van der Waals surface area contributed by atoms with Crippen LogP contribution in [0.3, 0.4) is 0 Å². The molecule has 0 saturated carbocycles. The Morgan fingerprint density at radius 3 is 1.82 bits per heavy atom. The molecule has 2 aliphatic heterocycles. The molecular weight excluding hydrogens is 536 g/mol. The zero-order valence-corrected chi connectivity index (χ0v) is 24.1. The van der Waals surface area contributed by atoms with Crippen molar-refractivity contribution in [3.63, 3.8) is 0 Å². The van der Waals surface area contributed by atoms with Crippen LogP contribution in [0.5, 0.6) is 11.5 Å². The highest BCUT2D eigenvalue weighted by Gasteiger charge is 2.51. The van der Waals surface area contributed by atoms with Crippen LogP contribution >= 0.6 is 0 Å². The maximum absolute atomic E-state index is 6.49. The molecule has 6 aromatic rings. The predicted octanol–water partition coefficient (Wildman–Crippen LogP) is 9.13. The molecule has 0 saturated heterocycles. The minimum absolute atomic E-state index is 0.0683. The van der Waals surface area contributed by atoms with E-state index in [-0.39, 0.29) is 12.2 Å². The van der Waals surface area contributed by atoms with E-state index in [0.29, 0.717) is 0 Å². The zero-order valence-electron chi connectivity index (χ0n) is 24.1. The molecule has 3 aliphatic rings. The fourth-order valence-corrected chi connectivity index (χ4v) is 7.53. The molecule has 3 nitrogen and oxygen atoms in total. The molecule has 0 bridgehead atoms. The quantitative estimate of drug-likeness (QED) is 0.224. The lowest BCUT2D eigenvalue weighted by atomic mass is 9.66. The highest BCUT2D eigenvalue weighted by atomic mass is 16.5. The molecule has 0 aromatic heterocycles. The smallest absolute Gasteiger partial charge is 0.132 e. The van der Waals surface area contributed by atoms with Gasteiger partial charge in [0.2, 0.25) is 0 Å². The molecule has 0 radical (unpaired) electrons. The summed E-state index contributed by atoms with van der Waals surface area (Å²) in [4.78, 5) is 0. The van der Waals surface area contributed by atoms with Gasteiger partial charge in [-0.1, -0.05) is 133 Å². The molecule has 44 heavy (non-hydrogen) atoms. The number of ether oxygens (including phenoxy) is 1. The van der Waals surface area contributed by atoms with Crippen molar-refractivity contribution in [3.05, 3.63) is 197 Å². The van der Waals surface area contributed by atoms with Crippen LogP contribution in [0.1, 0.15) is 51.2 Å². The van der Waals surface area contributed by atoms with Gasteiger partial charge in [-0.25, -0.2) is 0 Å². The molecule has 2 unspecified atom stereocenters. The van der Waals surface area contributed by atoms with Gasteiger partial charge in [0.25, 0.3) is 0 Å². The number of hydrogen-bond donors (Lipinski definition) is 2. The average Bonchev–Trinajstić information content (AvgIpc) is 3.39. The van der Waals surface area contributed by atoms with Gasteiger partial charge in [0.1, 0.15) is 17.7 Å². The minimum Gasteiger partial charge on any atom is -0.457 e. The molecule has 9 rings (SSSR count). The van der Waals surface area contributed by atoms with Crippen molar-refractivity contribution in [2.24, 2.45) is 0 Å². The molecule has 210 valence electrons. The van der Waals surface area contributed by atoms with E-state index in [1.165, 1.54) is 50.1 Å². The number of fused-ring (bicyclic) bond motifs is 9. The maximum atomic E-state index is 6.49. The molecule has 3 heteroatoms. The molecule has 2 N–H and O–H groups in total. The second-order valence-electron chi connectivity index (χ2n) is 11.8. The van der Waals surface area contributed by atoms with Gasteiger partial charge < -0.3 is 10.1 Å². The van der Waals surface area contributed by atoms with E-state index in [1.807, 2.05) is 0 Å². The van der Waals surface area contributed by atoms with E-state index in [1.54, 1.807) is 0 Å². The summed E-state index contributed by atoms with van der Waals surface area (Å²) in [5.74, 6) is 1.83. The summed E-state index contributed by atoms with van der Waals surface area (Å²) >= 11 is 0. The minimum atomic E-state index is -0.453. The Morgan fingerprint density at radius 1 is 0.500 bits per heavy atom. The van der Waals surface area contributed by atoms with Gasteiger partial charge >= 0.3 is 0 Å². The SMILES string of the molecule is C1=C(c2ccccc2)NC(c2ccc3c(c2)-c2ccccc2C32c3ccccc3Oc3ccccc32)NC1c1ccccc1. The zero-order chi connectivity index (χ0) is 29.1. The topological polar surface area (TPSA) is 33.3 Å². The van der Waals surface area contributed by atoms with Crippen molar-refractivity contribution < 1.29 is 4.74 Å². The number of rotatable bonds is 3. The standard InChI is InChI=1S/C41H30N2O/c1-3-13-27(14-4-1)36-26-37(28-15-5-2-6-16-28)43-40(42-36)29-23-24-33-31(25-29)30-17-7-8-18-32(30)41(33)34-19-9-11-21-38(34)44-39-22-12-10-20-35(39)41/h1-26,36,40,42-43H. The summed E-state index contributed by atoms with van der Waals surface area (Å²) in [7, 11) is 0. The first-order valence-corrected chi connectivity index (χ1v) is 15.3. The van der Waals surface area contributed by atoms with Crippen molar-refractivity contribution >= 4 is 5.70 Å². The molecule has 1 aliphatic carbocycles. The van der Waals surface area contributed by atoms with E-state index >= 15 is 0 Å². The Morgan fingerprint density at radius 2 is 1.09 bits per heavy atom. The fraction of sp³-hybridized carbons (Fsp3) is 0.0732. The number of para-hydroxylation sites is 2. The normalized spacial score (nSPS) is 18.6. The highest BCUT2D eigenvalue weighted by molar-refractivity contribution is 5.88. The lowest BCUT2D eigenvalue weighted by Crippen LogP contribution is -2.39. The van der Waals surface area contributed by atoms with Crippen LogP contribution in [0.4, 0.5) is 0 Å². The summed E-state index contributed by atoms with van der Waals surface area (Å²) in [6.07, 6.45) is 2.22. The predicted molar refractivity (Wildman–Crippen MR) is 176 cm³/mol. The number of benzene rings is 6. The molecule has 1 spiro atoms. The van der Waals surface area contributed by atoms with Crippen LogP contribution < -0.4 is 15.4 Å². The van der Waals surface area contributed by atoms with Crippen LogP contribution in [-0.4, -0.2) is 0 Å². The Bertz CT molecular complexity index is 2020. The Labute approximate surface area is 257 Å². The van der Waals surface area contributed by atoms with Crippen molar-refractivity contribution in [1.82, 2.24) is 10.6 Å². The second-order valence-corrected chi connectivity index (χ2v) is 11.8. The monoisotopic (exact) mass is 566 g/mol. The van der Waals surface area contributed by atoms with E-state index in [2.05, 4.69) is 168 Å². The van der Waals surface area contributed by atoms with Gasteiger partial charge in [-0.3, -0.25) is 5.32 Å². The third-order valence-corrected chi connectivity index (χ3v) is 9.43. The summed E-state index contributed by atoms with van der Waals surface area (Å²) in [5.41, 5.74) is 11.8. The third-order valence-electron chi connectivity index (χ3n) is 9.43. The lowest BCUT2D eigenvalue weighted by Gasteiger charge is -2.39. The van der Waals surface area contributed by atoms with Crippen molar-refractivity contribution in [2.75, 3.05) is 0 Å². The first-order chi connectivity index (χ1) is 21.8. The lowest BCUT2D eigenvalue weighted by molar-refractivity contribution is 0.435. The molecular formula is C41H30N2O. The van der Waals surface area contributed by atoms with Crippen LogP contribution in [0.25, 0.3) is 16.8 Å². The summed E-state index contributed by atoms with van der Waals surface area (Å²) in [6.45, 7) is 0. The highest BCUT2D eigenvalue weighted by Crippen LogP contribution is 2.62. The summed E-state index contributed by atoms with van der Waals surface area (Å²) in [6, 6.07) is 54.3. The fourth-order valence-electron chi connectivity index (χ4n) is 7.53. The Balaban J connectivity index is 1.22. The average molecular weight is 567 g/mol. The van der Waals surface area contributed by atoms with Gasteiger partial charge in [-0.15, -0.1) is 0 Å². The van der Waals surface area contributed by atoms with Gasteiger partial charge in [-0.2, -0.15) is 0 Å². The van der Waals surface area contributed by atoms with Crippen molar-refractivity contribution in [2.45, 2.75) is 17.6 Å². The van der Waals surface area contributed by atoms with Crippen molar-refractivity contribution in [3.8, 4) is 22.6 Å². The van der Waals surface area contributed by atoms with Crippen LogP contribution in [0, 0.1) is 0 Å². The van der Waals surface area contributed by atoms with Crippen LogP contribution in [0.2, 0.25) is 0 Å². The van der Waals surface area contributed by atoms with Gasteiger partial charge in [0, 0.05) is 16.8 Å². The van der Waals surface area contributed by atoms with Gasteiger partial charge in [0.15, 0.2) is 0 Å². The Kier molecular flexibility index (Phi) is 5.62. The molecule has 6 aromatic carbocycles. The second kappa shape index (κ2) is 9.84. The van der Waals surface area contributed by atoms with Crippen LogP contribution in [0.15, 0.2) is 158 Å². The summed E-state index contributed by atoms with van der Waals surface area (Å²) in [5, 5.41) is 7.73. The Hall–Kier alpha value is -5.38. The van der Waals surface area contributed by atoms with E-state index in [0.717, 1.165) is 17.2 Å². The van der Waals surface area contributed by atoms with E-state index in [4.69, 9.17) is 4.74 Å². The van der Waals surface area contributed by atoms with Crippen molar-refractivity contribution in [1.29, 1.82) is 0 Å². The van der Waals surface area contributed by atoms with Gasteiger partial charge in [-0.05, 0) is 63.2 Å². The molecule has 0 amide bonds. The van der Waals surface area contributed by atoms with E-state index in [9.17, 15) is 0 Å².